The predicted molar refractivity (Wildman–Crippen MR) is 87.1 cm³/mol. The predicted octanol–water partition coefficient (Wildman–Crippen LogP) is 3.63. The number of amides is 1. The number of hydrogen-bond donors (Lipinski definition) is 0. The van der Waals surface area contributed by atoms with Crippen LogP contribution in [0.1, 0.15) is 11.1 Å². The van der Waals surface area contributed by atoms with E-state index in [1.165, 1.54) is 0 Å². The Balaban J connectivity index is 2.10. The maximum atomic E-state index is 12.0. The van der Waals surface area contributed by atoms with Crippen molar-refractivity contribution in [2.45, 2.75) is 13.1 Å². The molecule has 0 aliphatic heterocycles. The van der Waals surface area contributed by atoms with Gasteiger partial charge in [-0.3, -0.25) is 4.90 Å². The smallest absolute Gasteiger partial charge is 0.410 e. The Morgan fingerprint density at radius 1 is 0.870 bits per heavy atom. The lowest BCUT2D eigenvalue weighted by Crippen LogP contribution is -2.29. The van der Waals surface area contributed by atoms with Crippen molar-refractivity contribution in [2.75, 3.05) is 14.2 Å². The highest BCUT2D eigenvalue weighted by molar-refractivity contribution is 5.67. The topological polar surface area (TPSA) is 48.0 Å². The van der Waals surface area contributed by atoms with E-state index in [0.717, 1.165) is 22.6 Å². The average Bonchev–Trinajstić information content (AvgIpc) is 2.61. The highest BCUT2D eigenvalue weighted by Gasteiger charge is 2.15. The van der Waals surface area contributed by atoms with Gasteiger partial charge in [-0.1, -0.05) is 24.3 Å². The molecule has 1 amide bonds. The van der Waals surface area contributed by atoms with Crippen molar-refractivity contribution in [3.05, 3.63) is 66.8 Å². The molecular formula is C18H20NO4. The molecule has 0 aliphatic rings. The van der Waals surface area contributed by atoms with Crippen molar-refractivity contribution in [3.8, 4) is 11.5 Å². The first-order chi connectivity index (χ1) is 11.2. The molecule has 1 radical (unpaired) electrons. The number of ether oxygens (including phenoxy) is 3. The van der Waals surface area contributed by atoms with E-state index in [-0.39, 0.29) is 0 Å². The minimum Gasteiger partial charge on any atom is -0.497 e. The fourth-order valence-corrected chi connectivity index (χ4v) is 2.18. The van der Waals surface area contributed by atoms with E-state index in [0.29, 0.717) is 13.1 Å². The number of methoxy groups -OCH3 is 2. The van der Waals surface area contributed by atoms with Crippen molar-refractivity contribution in [2.24, 2.45) is 0 Å². The van der Waals surface area contributed by atoms with Gasteiger partial charge in [-0.2, -0.15) is 0 Å². The molecular weight excluding hydrogens is 294 g/mol. The first-order valence-corrected chi connectivity index (χ1v) is 7.13. The van der Waals surface area contributed by atoms with Gasteiger partial charge in [0, 0.05) is 13.1 Å². The molecule has 2 aromatic rings. The third-order valence-electron chi connectivity index (χ3n) is 3.45. The molecule has 0 aromatic heterocycles. The van der Waals surface area contributed by atoms with Gasteiger partial charge >= 0.3 is 6.09 Å². The first-order valence-electron chi connectivity index (χ1n) is 7.13. The van der Waals surface area contributed by atoms with E-state index < -0.39 is 6.09 Å². The van der Waals surface area contributed by atoms with Gasteiger partial charge in [0.05, 0.1) is 14.2 Å². The number of carbonyl (C=O) groups is 1. The van der Waals surface area contributed by atoms with Crippen LogP contribution in [0.5, 0.6) is 11.5 Å². The zero-order chi connectivity index (χ0) is 16.7. The maximum Gasteiger partial charge on any atom is 0.410 e. The van der Waals surface area contributed by atoms with Crippen LogP contribution in [0.3, 0.4) is 0 Å². The molecule has 0 bridgehead atoms. The fraction of sp³-hybridized carbons (Fsp3) is 0.222. The normalized spacial score (nSPS) is 10.0. The van der Waals surface area contributed by atoms with Crippen molar-refractivity contribution in [1.29, 1.82) is 0 Å². The number of carbonyl (C=O) groups excluding carboxylic acids is 1. The fourth-order valence-electron chi connectivity index (χ4n) is 2.18. The zero-order valence-corrected chi connectivity index (χ0v) is 13.3. The van der Waals surface area contributed by atoms with Crippen molar-refractivity contribution in [3.63, 3.8) is 0 Å². The molecule has 0 spiro atoms. The summed E-state index contributed by atoms with van der Waals surface area (Å²) in [7, 11) is 6.45. The van der Waals surface area contributed by atoms with Crippen LogP contribution in [0.25, 0.3) is 0 Å². The molecule has 2 aromatic carbocycles. The van der Waals surface area contributed by atoms with E-state index in [1.54, 1.807) is 19.1 Å². The van der Waals surface area contributed by atoms with Gasteiger partial charge in [0.2, 0.25) is 0 Å². The van der Waals surface area contributed by atoms with Crippen LogP contribution in [0, 0.1) is 7.11 Å². The summed E-state index contributed by atoms with van der Waals surface area (Å²) in [5.74, 6) is 1.55. The molecule has 2 rings (SSSR count). The molecule has 0 atom stereocenters. The average molecular weight is 314 g/mol. The number of rotatable bonds is 6. The lowest BCUT2D eigenvalue weighted by Gasteiger charge is -2.21. The molecule has 23 heavy (non-hydrogen) atoms. The second-order valence-electron chi connectivity index (χ2n) is 4.96. The molecule has 0 aliphatic carbocycles. The number of nitrogens with zero attached hydrogens (tertiary/aromatic N) is 1. The lowest BCUT2D eigenvalue weighted by atomic mass is 10.1. The van der Waals surface area contributed by atoms with Crippen LogP contribution < -0.4 is 9.47 Å². The van der Waals surface area contributed by atoms with Crippen LogP contribution in [0.2, 0.25) is 0 Å². The van der Waals surface area contributed by atoms with Gasteiger partial charge in [-0.05, 0) is 35.4 Å². The minimum absolute atomic E-state index is 0.421. The lowest BCUT2D eigenvalue weighted by molar-refractivity contribution is 0.129. The van der Waals surface area contributed by atoms with Gasteiger partial charge < -0.3 is 14.2 Å². The van der Waals surface area contributed by atoms with Gasteiger partial charge in [-0.15, -0.1) is 0 Å². The monoisotopic (exact) mass is 314 g/mol. The van der Waals surface area contributed by atoms with E-state index in [4.69, 9.17) is 9.47 Å². The van der Waals surface area contributed by atoms with Gasteiger partial charge in [0.1, 0.15) is 18.6 Å². The van der Waals surface area contributed by atoms with E-state index in [9.17, 15) is 4.79 Å². The second-order valence-corrected chi connectivity index (χ2v) is 4.96. The van der Waals surface area contributed by atoms with Crippen molar-refractivity contribution >= 4 is 6.09 Å². The largest absolute Gasteiger partial charge is 0.497 e. The molecule has 0 heterocycles. The van der Waals surface area contributed by atoms with Crippen LogP contribution in [-0.2, 0) is 17.8 Å². The standard InChI is InChI=1S/C18H20NO4/c1-21-16-8-4-14(5-9-16)12-19(18(20)23-3)13-15-6-10-17(22-2)11-7-15/h4-11H,3,12-13H2,1-2H3. The summed E-state index contributed by atoms with van der Waals surface area (Å²) in [6.07, 6.45) is -0.475. The van der Waals surface area contributed by atoms with E-state index >= 15 is 0 Å². The van der Waals surface area contributed by atoms with Crippen molar-refractivity contribution < 1.29 is 19.0 Å². The summed E-state index contributed by atoms with van der Waals surface area (Å²) in [6.45, 7) is 0.842. The third-order valence-corrected chi connectivity index (χ3v) is 3.45. The molecule has 0 fully saturated rings. The summed E-state index contributed by atoms with van der Waals surface area (Å²) < 4.78 is 14.9. The summed E-state index contributed by atoms with van der Waals surface area (Å²) in [5.41, 5.74) is 1.95. The second kappa shape index (κ2) is 8.08. The van der Waals surface area contributed by atoms with Crippen LogP contribution in [0.4, 0.5) is 4.79 Å². The Hall–Kier alpha value is -2.69. The van der Waals surface area contributed by atoms with Gasteiger partial charge in [0.15, 0.2) is 0 Å². The highest BCUT2D eigenvalue weighted by Crippen LogP contribution is 2.17. The third kappa shape index (κ3) is 4.64. The van der Waals surface area contributed by atoms with Crippen molar-refractivity contribution in [1.82, 2.24) is 4.90 Å². The maximum absolute atomic E-state index is 12.0. The van der Waals surface area contributed by atoms with Crippen LogP contribution in [-0.4, -0.2) is 25.2 Å². The molecule has 5 nitrogen and oxygen atoms in total. The van der Waals surface area contributed by atoms with Crippen LogP contribution >= 0.6 is 0 Å². The van der Waals surface area contributed by atoms with E-state index in [2.05, 4.69) is 11.8 Å². The Morgan fingerprint density at radius 3 is 1.57 bits per heavy atom. The molecule has 5 heteroatoms. The molecule has 0 unspecified atom stereocenters. The Morgan fingerprint density at radius 2 is 1.26 bits per heavy atom. The highest BCUT2D eigenvalue weighted by atomic mass is 16.5. The molecule has 0 saturated heterocycles. The summed E-state index contributed by atoms with van der Waals surface area (Å²) in [5, 5.41) is 0. The number of hydrogen-bond acceptors (Lipinski definition) is 4. The molecule has 0 saturated carbocycles. The summed E-state index contributed by atoms with van der Waals surface area (Å²) in [6, 6.07) is 15.1. The van der Waals surface area contributed by atoms with E-state index in [1.807, 2.05) is 48.5 Å². The van der Waals surface area contributed by atoms with Gasteiger partial charge in [0.25, 0.3) is 0 Å². The SMILES string of the molecule is [CH2]OC(=O)N(Cc1ccc(OC)cc1)Cc1ccc(OC)cc1. The Bertz CT molecular complexity index is 573. The zero-order valence-electron chi connectivity index (χ0n) is 13.3. The molecule has 121 valence electrons. The minimum atomic E-state index is -0.475. The number of benzene rings is 2. The molecule has 0 N–H and O–H groups in total. The summed E-state index contributed by atoms with van der Waals surface area (Å²) in [4.78, 5) is 13.5. The van der Waals surface area contributed by atoms with Gasteiger partial charge in [-0.25, -0.2) is 4.79 Å². The Labute approximate surface area is 136 Å². The quantitative estimate of drug-likeness (QED) is 0.817. The first kappa shape index (κ1) is 16.7. The van der Waals surface area contributed by atoms with Crippen LogP contribution in [0.15, 0.2) is 48.5 Å². The summed E-state index contributed by atoms with van der Waals surface area (Å²) >= 11 is 0. The Kier molecular flexibility index (Phi) is 5.86.